The number of hydrogen-bond donors (Lipinski definition) is 4. The molecule has 5 atom stereocenters. The van der Waals surface area contributed by atoms with Crippen LogP contribution in [0.3, 0.4) is 0 Å². The lowest BCUT2D eigenvalue weighted by atomic mass is 9.96. The van der Waals surface area contributed by atoms with E-state index in [9.17, 15) is 9.90 Å². The molecule has 0 spiro atoms. The molecule has 1 saturated heterocycles. The molecule has 1 aliphatic heterocycles. The summed E-state index contributed by atoms with van der Waals surface area (Å²) in [5.74, 6) is -0.692. The third-order valence-corrected chi connectivity index (χ3v) is 7.77. The maximum atomic E-state index is 12.7. The molecule has 1 fully saturated rings. The fourth-order valence-corrected chi connectivity index (χ4v) is 5.35. The molecule has 240 valence electrons. The Morgan fingerprint density at radius 1 is 0.804 bits per heavy atom. The zero-order valence-corrected chi connectivity index (χ0v) is 25.7. The van der Waals surface area contributed by atoms with Gasteiger partial charge in [0.2, 0.25) is 5.91 Å². The lowest BCUT2D eigenvalue weighted by Gasteiger charge is -2.44. The Morgan fingerprint density at radius 3 is 1.85 bits per heavy atom. The first-order valence-electron chi connectivity index (χ1n) is 15.1. The SMILES string of the molecule is CO[C@H]1[C@H](O)[C@@H](COCc2ccc(-c3ccccc3)cc2)OC(OCc2ccc(-c3ccccc3)cc2)[C@@H]1NC(=O)CN=C(N)N. The van der Waals surface area contributed by atoms with Crippen LogP contribution in [-0.2, 0) is 37.0 Å². The summed E-state index contributed by atoms with van der Waals surface area (Å²) in [5.41, 5.74) is 17.1. The zero-order chi connectivity index (χ0) is 32.3. The van der Waals surface area contributed by atoms with Crippen molar-refractivity contribution in [3.63, 3.8) is 0 Å². The fraction of sp³-hybridized carbons (Fsp3) is 0.278. The lowest BCUT2D eigenvalue weighted by Crippen LogP contribution is -2.65. The summed E-state index contributed by atoms with van der Waals surface area (Å²) in [6.45, 7) is 0.279. The van der Waals surface area contributed by atoms with E-state index < -0.39 is 36.6 Å². The van der Waals surface area contributed by atoms with Crippen LogP contribution in [0.5, 0.6) is 0 Å². The van der Waals surface area contributed by atoms with Gasteiger partial charge in [-0.3, -0.25) is 4.79 Å². The van der Waals surface area contributed by atoms with Gasteiger partial charge in [0.25, 0.3) is 0 Å². The summed E-state index contributed by atoms with van der Waals surface area (Å²) < 4.78 is 24.1. The number of rotatable bonds is 13. The highest BCUT2D eigenvalue weighted by Gasteiger charge is 2.47. The molecular weight excluding hydrogens is 584 g/mol. The van der Waals surface area contributed by atoms with Crippen molar-refractivity contribution in [2.75, 3.05) is 20.3 Å². The predicted octanol–water partition coefficient (Wildman–Crippen LogP) is 3.61. The van der Waals surface area contributed by atoms with Crippen LogP contribution in [0.1, 0.15) is 11.1 Å². The van der Waals surface area contributed by atoms with Gasteiger partial charge in [0, 0.05) is 7.11 Å². The van der Waals surface area contributed by atoms with Gasteiger partial charge >= 0.3 is 0 Å². The molecule has 0 radical (unpaired) electrons. The van der Waals surface area contributed by atoms with Gasteiger partial charge in [0.05, 0.1) is 19.8 Å². The third-order valence-electron chi connectivity index (χ3n) is 7.77. The van der Waals surface area contributed by atoms with E-state index in [0.717, 1.165) is 33.4 Å². The molecule has 6 N–H and O–H groups in total. The van der Waals surface area contributed by atoms with Gasteiger partial charge in [-0.05, 0) is 33.4 Å². The van der Waals surface area contributed by atoms with Crippen LogP contribution >= 0.6 is 0 Å². The van der Waals surface area contributed by atoms with Crippen LogP contribution in [0.15, 0.2) is 114 Å². The van der Waals surface area contributed by atoms with Gasteiger partial charge in [-0.25, -0.2) is 4.99 Å². The number of ether oxygens (including phenoxy) is 4. The monoisotopic (exact) mass is 624 g/mol. The van der Waals surface area contributed by atoms with Crippen molar-refractivity contribution in [2.45, 2.75) is 43.9 Å². The summed E-state index contributed by atoms with van der Waals surface area (Å²) >= 11 is 0. The predicted molar refractivity (Wildman–Crippen MR) is 176 cm³/mol. The standard InChI is InChI=1S/C36H40N4O6/c1-43-34-32(40-31(41)20-39-36(37)38)35(45-22-25-14-18-29(19-15-25)27-10-6-3-7-11-27)46-30(33(34)42)23-44-21-24-12-16-28(17-13-24)26-8-4-2-5-9-26/h2-19,30,32-35,42H,20-23H2,1H3,(H,40,41)(H4,37,38,39)/t30-,32-,33-,34-,35?/m1/s1. The van der Waals surface area contributed by atoms with Gasteiger partial charge in [-0.15, -0.1) is 0 Å². The number of nitrogens with two attached hydrogens (primary N) is 2. The Morgan fingerprint density at radius 2 is 1.33 bits per heavy atom. The first-order valence-corrected chi connectivity index (χ1v) is 15.1. The second-order valence-electron chi connectivity index (χ2n) is 11.0. The molecule has 46 heavy (non-hydrogen) atoms. The van der Waals surface area contributed by atoms with Crippen molar-refractivity contribution >= 4 is 11.9 Å². The molecule has 10 heteroatoms. The molecule has 0 aliphatic carbocycles. The average Bonchev–Trinajstić information content (AvgIpc) is 3.09. The van der Waals surface area contributed by atoms with Crippen LogP contribution in [-0.4, -0.2) is 67.9 Å². The van der Waals surface area contributed by atoms with Crippen LogP contribution < -0.4 is 16.8 Å². The van der Waals surface area contributed by atoms with Gasteiger partial charge in [-0.1, -0.05) is 109 Å². The number of guanidine groups is 1. The maximum Gasteiger partial charge on any atom is 0.242 e. The number of aliphatic hydroxyl groups excluding tert-OH is 1. The summed E-state index contributed by atoms with van der Waals surface area (Å²) in [6.07, 6.45) is -3.74. The van der Waals surface area contributed by atoms with E-state index in [1.165, 1.54) is 7.11 Å². The average molecular weight is 625 g/mol. The van der Waals surface area contributed by atoms with E-state index in [4.69, 9.17) is 30.4 Å². The molecule has 0 bridgehead atoms. The molecule has 1 unspecified atom stereocenters. The molecule has 4 aromatic carbocycles. The smallest absolute Gasteiger partial charge is 0.242 e. The first-order chi connectivity index (χ1) is 22.4. The van der Waals surface area contributed by atoms with E-state index in [2.05, 4.69) is 34.6 Å². The highest BCUT2D eigenvalue weighted by molar-refractivity contribution is 5.83. The second-order valence-corrected chi connectivity index (χ2v) is 11.0. The first kappa shape index (κ1) is 32.8. The van der Waals surface area contributed by atoms with Gasteiger partial charge in [-0.2, -0.15) is 0 Å². The number of nitrogens with one attached hydrogen (secondary N) is 1. The quantitative estimate of drug-likeness (QED) is 0.130. The van der Waals surface area contributed by atoms with Crippen molar-refractivity contribution in [1.29, 1.82) is 0 Å². The fourth-order valence-electron chi connectivity index (χ4n) is 5.35. The van der Waals surface area contributed by atoms with Crippen molar-refractivity contribution < 1.29 is 28.8 Å². The molecule has 10 nitrogen and oxygen atoms in total. The maximum absolute atomic E-state index is 12.7. The van der Waals surface area contributed by atoms with E-state index in [0.29, 0.717) is 6.61 Å². The molecule has 4 aromatic rings. The summed E-state index contributed by atoms with van der Waals surface area (Å²) in [7, 11) is 1.46. The number of nitrogens with zero attached hydrogens (tertiary/aromatic N) is 1. The molecule has 0 saturated carbocycles. The summed E-state index contributed by atoms with van der Waals surface area (Å²) in [4.78, 5) is 16.5. The second kappa shape index (κ2) is 16.1. The topological polar surface area (TPSA) is 151 Å². The van der Waals surface area contributed by atoms with Gasteiger partial charge in [0.1, 0.15) is 30.9 Å². The van der Waals surface area contributed by atoms with Crippen LogP contribution in [0.25, 0.3) is 22.3 Å². The number of carbonyl (C=O) groups is 1. The van der Waals surface area contributed by atoms with Gasteiger partial charge in [0.15, 0.2) is 12.2 Å². The summed E-state index contributed by atoms with van der Waals surface area (Å²) in [6, 6.07) is 35.5. The number of methoxy groups -OCH3 is 1. The van der Waals surface area contributed by atoms with Gasteiger partial charge < -0.3 is 40.8 Å². The Balaban J connectivity index is 1.25. The molecular formula is C36H40N4O6. The Hall–Kier alpha value is -4.58. The number of benzene rings is 4. The molecule has 1 heterocycles. The number of aliphatic imine (C=N–C) groups is 1. The minimum Gasteiger partial charge on any atom is -0.388 e. The van der Waals surface area contributed by atoms with Crippen molar-refractivity contribution in [1.82, 2.24) is 5.32 Å². The third kappa shape index (κ3) is 8.78. The minimum absolute atomic E-state index is 0.0712. The number of aliphatic hydroxyl groups is 1. The Kier molecular flexibility index (Phi) is 11.5. The normalized spacial score (nSPS) is 21.0. The van der Waals surface area contributed by atoms with Crippen molar-refractivity contribution in [2.24, 2.45) is 16.5 Å². The van der Waals surface area contributed by atoms with Crippen molar-refractivity contribution in [3.8, 4) is 22.3 Å². The Bertz CT molecular complexity index is 1550. The van der Waals surface area contributed by atoms with Crippen molar-refractivity contribution in [3.05, 3.63) is 120 Å². The summed E-state index contributed by atoms with van der Waals surface area (Å²) in [5, 5.41) is 14.0. The number of hydrogen-bond acceptors (Lipinski definition) is 7. The van der Waals surface area contributed by atoms with E-state index >= 15 is 0 Å². The molecule has 5 rings (SSSR count). The molecule has 0 aromatic heterocycles. The molecule has 1 aliphatic rings. The van der Waals surface area contributed by atoms with E-state index in [1.807, 2.05) is 84.9 Å². The largest absolute Gasteiger partial charge is 0.388 e. The zero-order valence-electron chi connectivity index (χ0n) is 25.7. The van der Waals surface area contributed by atoms with E-state index in [-0.39, 0.29) is 25.7 Å². The highest BCUT2D eigenvalue weighted by Crippen LogP contribution is 2.27. The molecule has 1 amide bonds. The minimum atomic E-state index is -1.12. The van der Waals surface area contributed by atoms with E-state index in [1.54, 1.807) is 0 Å². The van der Waals surface area contributed by atoms with Crippen LogP contribution in [0.2, 0.25) is 0 Å². The van der Waals surface area contributed by atoms with Crippen LogP contribution in [0.4, 0.5) is 0 Å². The highest BCUT2D eigenvalue weighted by atomic mass is 16.7. The van der Waals surface area contributed by atoms with Crippen LogP contribution in [0, 0.1) is 0 Å². The lowest BCUT2D eigenvalue weighted by molar-refractivity contribution is -0.279. The Labute approximate surface area is 269 Å². The number of amides is 1. The number of carbonyl (C=O) groups excluding carboxylic acids is 1.